The zero-order chi connectivity index (χ0) is 15.7. The molecule has 3 N–H and O–H groups in total. The Balaban J connectivity index is 2.19. The van der Waals surface area contributed by atoms with Gasteiger partial charge in [-0.3, -0.25) is 0 Å². The van der Waals surface area contributed by atoms with Gasteiger partial charge in [0.15, 0.2) is 0 Å². The first-order valence-electron chi connectivity index (χ1n) is 5.54. The third kappa shape index (κ3) is 4.11. The number of halogens is 1. The van der Waals surface area contributed by atoms with Gasteiger partial charge in [-0.15, -0.1) is 11.3 Å². The molecule has 10 heteroatoms. The lowest BCUT2D eigenvalue weighted by Crippen LogP contribution is -2.23. The van der Waals surface area contributed by atoms with Gasteiger partial charge in [-0.2, -0.15) is 0 Å². The molecule has 0 radical (unpaired) electrons. The predicted molar refractivity (Wildman–Crippen MR) is 83.9 cm³/mol. The topological polar surface area (TPSA) is 106 Å². The highest BCUT2D eigenvalue weighted by Gasteiger charge is 2.19. The maximum atomic E-state index is 12.1. The van der Waals surface area contributed by atoms with Gasteiger partial charge in [0.25, 0.3) is 10.0 Å². The minimum Gasteiger partial charge on any atom is -0.225 e. The third-order valence-electron chi connectivity index (χ3n) is 2.52. The van der Waals surface area contributed by atoms with Gasteiger partial charge in [-0.05, 0) is 45.1 Å². The fourth-order valence-corrected chi connectivity index (χ4v) is 5.53. The second-order valence-electron chi connectivity index (χ2n) is 4.07. The van der Waals surface area contributed by atoms with Crippen molar-refractivity contribution in [2.75, 3.05) is 0 Å². The van der Waals surface area contributed by atoms with Crippen LogP contribution in [-0.2, 0) is 26.6 Å². The molecule has 0 saturated carbocycles. The molecule has 0 unspecified atom stereocenters. The second kappa shape index (κ2) is 6.15. The molecule has 114 valence electrons. The van der Waals surface area contributed by atoms with Crippen LogP contribution in [0.2, 0.25) is 0 Å². The zero-order valence-electron chi connectivity index (χ0n) is 10.5. The van der Waals surface area contributed by atoms with Gasteiger partial charge in [0.1, 0.15) is 4.21 Å². The average molecular weight is 411 g/mol. The maximum Gasteiger partial charge on any atom is 0.251 e. The summed E-state index contributed by atoms with van der Waals surface area (Å²) in [4.78, 5) is -0.0588. The fraction of sp³-hybridized carbons (Fsp3) is 0.0909. The van der Waals surface area contributed by atoms with Crippen molar-refractivity contribution in [2.24, 2.45) is 5.14 Å². The normalized spacial score (nSPS) is 12.5. The minimum atomic E-state index is -3.81. The first-order chi connectivity index (χ1) is 9.70. The standard InChI is InChI=1S/C11H11BrN2O4S3/c12-10-4-5-19-11(10)21(17,18)14-7-8-2-1-3-9(6-8)20(13,15)16/h1-6,14H,7H2,(H2,13,15,16). The molecule has 0 aliphatic rings. The molecule has 0 amide bonds. The summed E-state index contributed by atoms with van der Waals surface area (Å²) in [5, 5.41) is 6.69. The Labute approximate surface area is 135 Å². The SMILES string of the molecule is NS(=O)(=O)c1cccc(CNS(=O)(=O)c2sccc2Br)c1. The van der Waals surface area contributed by atoms with Crippen molar-refractivity contribution in [3.63, 3.8) is 0 Å². The van der Waals surface area contributed by atoms with Crippen molar-refractivity contribution in [1.82, 2.24) is 4.72 Å². The van der Waals surface area contributed by atoms with E-state index in [1.54, 1.807) is 17.5 Å². The van der Waals surface area contributed by atoms with E-state index in [0.29, 0.717) is 10.0 Å². The van der Waals surface area contributed by atoms with Crippen LogP contribution in [0.3, 0.4) is 0 Å². The van der Waals surface area contributed by atoms with Crippen LogP contribution in [0.15, 0.2) is 49.3 Å². The summed E-state index contributed by atoms with van der Waals surface area (Å²) in [7, 11) is -7.46. The summed E-state index contributed by atoms with van der Waals surface area (Å²) < 4.78 is 49.8. The van der Waals surface area contributed by atoms with Crippen molar-refractivity contribution < 1.29 is 16.8 Å². The lowest BCUT2D eigenvalue weighted by Gasteiger charge is -2.07. The van der Waals surface area contributed by atoms with Crippen LogP contribution in [0.4, 0.5) is 0 Å². The molecule has 0 atom stereocenters. The minimum absolute atomic E-state index is 0.0317. The molecular formula is C11H11BrN2O4S3. The maximum absolute atomic E-state index is 12.1. The van der Waals surface area contributed by atoms with E-state index in [2.05, 4.69) is 20.7 Å². The number of sulfonamides is 2. The average Bonchev–Trinajstić information content (AvgIpc) is 2.83. The monoisotopic (exact) mass is 410 g/mol. The number of benzene rings is 1. The van der Waals surface area contributed by atoms with E-state index in [1.165, 1.54) is 18.2 Å². The molecule has 0 spiro atoms. The summed E-state index contributed by atoms with van der Waals surface area (Å²) in [5.74, 6) is 0. The van der Waals surface area contributed by atoms with E-state index < -0.39 is 20.0 Å². The van der Waals surface area contributed by atoms with Crippen LogP contribution in [0, 0.1) is 0 Å². The number of rotatable bonds is 5. The lowest BCUT2D eigenvalue weighted by molar-refractivity contribution is 0.583. The van der Waals surface area contributed by atoms with Crippen molar-refractivity contribution in [3.05, 3.63) is 45.7 Å². The summed E-state index contributed by atoms with van der Waals surface area (Å²) in [6, 6.07) is 7.44. The van der Waals surface area contributed by atoms with Crippen LogP contribution in [-0.4, -0.2) is 16.8 Å². The first kappa shape index (κ1) is 16.6. The Bertz CT molecular complexity index is 859. The first-order valence-corrected chi connectivity index (χ1v) is 10.2. The lowest BCUT2D eigenvalue weighted by atomic mass is 10.2. The van der Waals surface area contributed by atoms with E-state index in [9.17, 15) is 16.8 Å². The smallest absolute Gasteiger partial charge is 0.225 e. The number of thiophene rings is 1. The van der Waals surface area contributed by atoms with E-state index in [0.717, 1.165) is 11.3 Å². The Morgan fingerprint density at radius 3 is 2.48 bits per heavy atom. The van der Waals surface area contributed by atoms with Crippen LogP contribution >= 0.6 is 27.3 Å². The van der Waals surface area contributed by atoms with Crippen molar-refractivity contribution >= 4 is 47.3 Å². The predicted octanol–water partition coefficient (Wildman–Crippen LogP) is 1.64. The van der Waals surface area contributed by atoms with Crippen LogP contribution in [0.5, 0.6) is 0 Å². The molecule has 0 saturated heterocycles. The fourth-order valence-electron chi connectivity index (χ4n) is 1.55. The Morgan fingerprint density at radius 1 is 1.19 bits per heavy atom. The van der Waals surface area contributed by atoms with Crippen LogP contribution in [0.25, 0.3) is 0 Å². The molecular weight excluding hydrogens is 400 g/mol. The van der Waals surface area contributed by atoms with E-state index in [1.807, 2.05) is 0 Å². The summed E-state index contributed by atoms with van der Waals surface area (Å²) in [6.07, 6.45) is 0. The van der Waals surface area contributed by atoms with Crippen molar-refractivity contribution in [3.8, 4) is 0 Å². The molecule has 0 aliphatic heterocycles. The molecule has 6 nitrogen and oxygen atoms in total. The second-order valence-corrected chi connectivity index (χ2v) is 9.37. The van der Waals surface area contributed by atoms with Gasteiger partial charge in [-0.1, -0.05) is 12.1 Å². The number of primary sulfonamides is 1. The van der Waals surface area contributed by atoms with Crippen LogP contribution < -0.4 is 9.86 Å². The number of nitrogens with two attached hydrogens (primary N) is 1. The molecule has 1 aromatic carbocycles. The molecule has 0 fully saturated rings. The number of hydrogen-bond acceptors (Lipinski definition) is 5. The zero-order valence-corrected chi connectivity index (χ0v) is 14.5. The number of nitrogens with one attached hydrogen (secondary N) is 1. The van der Waals surface area contributed by atoms with Gasteiger partial charge in [0.05, 0.1) is 4.90 Å². The Hall–Kier alpha value is -0.780. The van der Waals surface area contributed by atoms with Gasteiger partial charge in [0, 0.05) is 11.0 Å². The Kier molecular flexibility index (Phi) is 4.85. The van der Waals surface area contributed by atoms with E-state index in [4.69, 9.17) is 5.14 Å². The molecule has 0 aliphatic carbocycles. The molecule has 21 heavy (non-hydrogen) atoms. The number of hydrogen-bond donors (Lipinski definition) is 2. The highest BCUT2D eigenvalue weighted by atomic mass is 79.9. The molecule has 1 heterocycles. The third-order valence-corrected chi connectivity index (χ3v) is 7.50. The largest absolute Gasteiger partial charge is 0.251 e. The molecule has 0 bridgehead atoms. The van der Waals surface area contributed by atoms with Gasteiger partial charge in [-0.25, -0.2) is 26.7 Å². The summed E-state index contributed by atoms with van der Waals surface area (Å²) in [6.45, 7) is -0.0317. The van der Waals surface area contributed by atoms with E-state index >= 15 is 0 Å². The Morgan fingerprint density at radius 2 is 1.90 bits per heavy atom. The van der Waals surface area contributed by atoms with Crippen LogP contribution in [0.1, 0.15) is 5.56 Å². The summed E-state index contributed by atoms with van der Waals surface area (Å²) >= 11 is 4.25. The highest BCUT2D eigenvalue weighted by Crippen LogP contribution is 2.27. The summed E-state index contributed by atoms with van der Waals surface area (Å²) in [5.41, 5.74) is 0.498. The molecule has 1 aromatic heterocycles. The van der Waals surface area contributed by atoms with Gasteiger partial charge in [0.2, 0.25) is 10.0 Å². The van der Waals surface area contributed by atoms with Gasteiger partial charge >= 0.3 is 0 Å². The highest BCUT2D eigenvalue weighted by molar-refractivity contribution is 9.10. The van der Waals surface area contributed by atoms with Gasteiger partial charge < -0.3 is 0 Å². The van der Waals surface area contributed by atoms with E-state index in [-0.39, 0.29) is 15.6 Å². The quantitative estimate of drug-likeness (QED) is 0.780. The van der Waals surface area contributed by atoms with Crippen molar-refractivity contribution in [1.29, 1.82) is 0 Å². The molecule has 2 aromatic rings. The van der Waals surface area contributed by atoms with Crippen molar-refractivity contribution in [2.45, 2.75) is 15.6 Å². The molecule has 2 rings (SSSR count).